The number of hydrogen-bond donors (Lipinski definition) is 2. The zero-order valence-corrected chi connectivity index (χ0v) is 16.0. The van der Waals surface area contributed by atoms with Crippen LogP contribution >= 0.6 is 11.3 Å². The van der Waals surface area contributed by atoms with Gasteiger partial charge >= 0.3 is 0 Å². The van der Waals surface area contributed by atoms with Gasteiger partial charge in [-0.25, -0.2) is 0 Å². The van der Waals surface area contributed by atoms with Crippen LogP contribution in [0, 0.1) is 5.41 Å². The number of rotatable bonds is 4. The second-order valence-electron chi connectivity index (χ2n) is 7.38. The predicted molar refractivity (Wildman–Crippen MR) is 102 cm³/mol. The summed E-state index contributed by atoms with van der Waals surface area (Å²) in [6.07, 6.45) is 2.10. The topological polar surface area (TPSA) is 82.8 Å². The molecule has 0 bridgehead atoms. The first-order valence-electron chi connectivity index (χ1n) is 9.45. The van der Waals surface area contributed by atoms with E-state index in [0.29, 0.717) is 45.3 Å². The first kappa shape index (κ1) is 18.3. The van der Waals surface area contributed by atoms with Crippen molar-refractivity contribution in [3.8, 4) is 10.6 Å². The van der Waals surface area contributed by atoms with E-state index in [9.17, 15) is 14.7 Å². The van der Waals surface area contributed by atoms with Crippen LogP contribution in [-0.4, -0.2) is 47.6 Å². The number of carbonyl (C=O) groups excluding carboxylic acids is 2. The molecule has 6 nitrogen and oxygen atoms in total. The van der Waals surface area contributed by atoms with Crippen LogP contribution in [0.2, 0.25) is 0 Å². The second kappa shape index (κ2) is 7.48. The minimum atomic E-state index is -0.844. The first-order valence-corrected chi connectivity index (χ1v) is 10.3. The number of carbonyl (C=O) groups is 2. The lowest BCUT2D eigenvalue weighted by atomic mass is 9.71. The van der Waals surface area contributed by atoms with Crippen LogP contribution in [-0.2, 0) is 16.0 Å². The number of hydrogen-bond acceptors (Lipinski definition) is 5. The molecule has 2 aromatic rings. The molecule has 2 fully saturated rings. The Morgan fingerprint density at radius 1 is 1.41 bits per heavy atom. The highest BCUT2D eigenvalue weighted by Gasteiger charge is 2.50. The summed E-state index contributed by atoms with van der Waals surface area (Å²) in [6.45, 7) is 1.44. The van der Waals surface area contributed by atoms with Crippen molar-refractivity contribution in [2.24, 2.45) is 5.41 Å². The van der Waals surface area contributed by atoms with Crippen molar-refractivity contribution in [1.82, 2.24) is 10.2 Å². The molecule has 0 saturated carbocycles. The minimum Gasteiger partial charge on any atom is -0.460 e. The van der Waals surface area contributed by atoms with Gasteiger partial charge in [-0.3, -0.25) is 9.59 Å². The zero-order chi connectivity index (χ0) is 18.9. The van der Waals surface area contributed by atoms with Gasteiger partial charge < -0.3 is 19.7 Å². The molecular weight excluding hydrogens is 364 g/mol. The van der Waals surface area contributed by atoms with E-state index in [4.69, 9.17) is 4.42 Å². The molecule has 27 heavy (non-hydrogen) atoms. The second-order valence-corrected chi connectivity index (χ2v) is 8.33. The van der Waals surface area contributed by atoms with Gasteiger partial charge in [0.05, 0.1) is 16.4 Å². The molecular formula is C20H24N2O4S. The van der Waals surface area contributed by atoms with Crippen molar-refractivity contribution >= 4 is 23.2 Å². The van der Waals surface area contributed by atoms with Crippen molar-refractivity contribution in [3.63, 3.8) is 0 Å². The van der Waals surface area contributed by atoms with Crippen molar-refractivity contribution in [3.05, 3.63) is 35.4 Å². The summed E-state index contributed by atoms with van der Waals surface area (Å²) in [4.78, 5) is 27.9. The molecule has 2 atom stereocenters. The van der Waals surface area contributed by atoms with Gasteiger partial charge in [0.1, 0.15) is 11.5 Å². The summed E-state index contributed by atoms with van der Waals surface area (Å²) in [7, 11) is 0. The SMILES string of the molecule is O=C(CCc1ccc(-c2cccs2)o1)N1CC[C@@H](O)[C@@]2(CCCNC2=O)C1. The number of likely N-dealkylation sites (tertiary alicyclic amines) is 1. The number of aliphatic hydroxyl groups excluding tert-OH is 1. The van der Waals surface area contributed by atoms with Crippen LogP contribution in [0.3, 0.4) is 0 Å². The van der Waals surface area contributed by atoms with Gasteiger partial charge in [0.2, 0.25) is 11.8 Å². The lowest BCUT2D eigenvalue weighted by Gasteiger charge is -2.46. The van der Waals surface area contributed by atoms with Crippen molar-refractivity contribution in [2.75, 3.05) is 19.6 Å². The quantitative estimate of drug-likeness (QED) is 0.843. The van der Waals surface area contributed by atoms with Crippen LogP contribution < -0.4 is 5.32 Å². The molecule has 144 valence electrons. The van der Waals surface area contributed by atoms with E-state index in [1.54, 1.807) is 16.2 Å². The average Bonchev–Trinajstić information content (AvgIpc) is 3.35. The molecule has 0 aromatic carbocycles. The van der Waals surface area contributed by atoms with Gasteiger partial charge in [0.15, 0.2) is 0 Å². The molecule has 2 amide bonds. The highest BCUT2D eigenvalue weighted by Crippen LogP contribution is 2.37. The number of aryl methyl sites for hydroxylation is 1. The van der Waals surface area contributed by atoms with Crippen molar-refractivity contribution < 1.29 is 19.1 Å². The molecule has 1 spiro atoms. The van der Waals surface area contributed by atoms with Crippen LogP contribution in [0.1, 0.15) is 31.4 Å². The van der Waals surface area contributed by atoms with Crippen LogP contribution in [0.15, 0.2) is 34.1 Å². The number of piperidine rings is 2. The van der Waals surface area contributed by atoms with Gasteiger partial charge in [-0.1, -0.05) is 6.07 Å². The molecule has 2 aliphatic heterocycles. The molecule has 2 aliphatic rings. The highest BCUT2D eigenvalue weighted by molar-refractivity contribution is 7.13. The van der Waals surface area contributed by atoms with E-state index in [2.05, 4.69) is 5.32 Å². The molecule has 0 radical (unpaired) electrons. The van der Waals surface area contributed by atoms with E-state index in [-0.39, 0.29) is 11.8 Å². The molecule has 4 heterocycles. The number of thiophene rings is 1. The van der Waals surface area contributed by atoms with E-state index < -0.39 is 11.5 Å². The average molecular weight is 388 g/mol. The summed E-state index contributed by atoms with van der Waals surface area (Å²) >= 11 is 1.62. The standard InChI is InChI=1S/C20H24N2O4S/c23-17-8-11-22(13-20(17)9-2-10-21-19(20)25)18(24)7-5-14-4-6-15(26-14)16-3-1-12-27-16/h1,3-4,6,12,17,23H,2,5,7-11,13H2,(H,21,25)/t17-,20-/m1/s1. The Kier molecular flexibility index (Phi) is 5.06. The van der Waals surface area contributed by atoms with E-state index in [1.807, 2.05) is 29.6 Å². The molecule has 0 aliphatic carbocycles. The van der Waals surface area contributed by atoms with E-state index in [0.717, 1.165) is 22.8 Å². The normalized spacial score (nSPS) is 25.6. The van der Waals surface area contributed by atoms with Gasteiger partial charge in [-0.15, -0.1) is 11.3 Å². The Morgan fingerprint density at radius 3 is 3.07 bits per heavy atom. The summed E-state index contributed by atoms with van der Waals surface area (Å²) in [5.41, 5.74) is -0.844. The minimum absolute atomic E-state index is 0.00808. The molecule has 4 rings (SSSR count). The fourth-order valence-corrected chi connectivity index (χ4v) is 4.79. The summed E-state index contributed by atoms with van der Waals surface area (Å²) in [5, 5.41) is 15.3. The summed E-state index contributed by atoms with van der Waals surface area (Å²) < 4.78 is 5.85. The van der Waals surface area contributed by atoms with Gasteiger partial charge in [-0.2, -0.15) is 0 Å². The fourth-order valence-electron chi connectivity index (χ4n) is 4.11. The molecule has 2 N–H and O–H groups in total. The van der Waals surface area contributed by atoms with Crippen LogP contribution in [0.4, 0.5) is 0 Å². The Hall–Kier alpha value is -2.12. The third-order valence-electron chi connectivity index (χ3n) is 5.68. The van der Waals surface area contributed by atoms with Gasteiger partial charge in [0.25, 0.3) is 0 Å². The fraction of sp³-hybridized carbons (Fsp3) is 0.500. The van der Waals surface area contributed by atoms with Crippen LogP contribution in [0.5, 0.6) is 0 Å². The van der Waals surface area contributed by atoms with E-state index >= 15 is 0 Å². The third kappa shape index (κ3) is 3.53. The maximum atomic E-state index is 12.7. The largest absolute Gasteiger partial charge is 0.460 e. The van der Waals surface area contributed by atoms with Crippen LogP contribution in [0.25, 0.3) is 10.6 Å². The lowest BCUT2D eigenvalue weighted by Crippen LogP contribution is -2.62. The predicted octanol–water partition coefficient (Wildman–Crippen LogP) is 2.43. The van der Waals surface area contributed by atoms with Gasteiger partial charge in [-0.05, 0) is 42.8 Å². The highest BCUT2D eigenvalue weighted by atomic mass is 32.1. The number of amides is 2. The van der Waals surface area contributed by atoms with Gasteiger partial charge in [0, 0.05) is 32.5 Å². The maximum Gasteiger partial charge on any atom is 0.230 e. The van der Waals surface area contributed by atoms with Crippen molar-refractivity contribution in [1.29, 1.82) is 0 Å². The number of furan rings is 1. The number of aliphatic hydroxyl groups is 1. The monoisotopic (exact) mass is 388 g/mol. The first-order chi connectivity index (χ1) is 13.1. The molecule has 7 heteroatoms. The number of nitrogens with zero attached hydrogens (tertiary/aromatic N) is 1. The Labute approximate surface area is 162 Å². The molecule has 2 saturated heterocycles. The number of nitrogens with one attached hydrogen (secondary N) is 1. The summed E-state index contributed by atoms with van der Waals surface area (Å²) in [5.74, 6) is 1.50. The lowest BCUT2D eigenvalue weighted by molar-refractivity contribution is -0.154. The Morgan fingerprint density at radius 2 is 2.30 bits per heavy atom. The Balaban J connectivity index is 1.38. The maximum absolute atomic E-state index is 12.7. The smallest absolute Gasteiger partial charge is 0.230 e. The Bertz CT molecular complexity index is 816. The summed E-state index contributed by atoms with van der Waals surface area (Å²) in [6, 6.07) is 7.84. The van der Waals surface area contributed by atoms with E-state index in [1.165, 1.54) is 0 Å². The zero-order valence-electron chi connectivity index (χ0n) is 15.1. The van der Waals surface area contributed by atoms with Crippen molar-refractivity contribution in [2.45, 2.75) is 38.2 Å². The molecule has 2 aromatic heterocycles. The molecule has 0 unspecified atom stereocenters. The third-order valence-corrected chi connectivity index (χ3v) is 6.57.